The lowest BCUT2D eigenvalue weighted by atomic mass is 10.3. The van der Waals surface area contributed by atoms with Crippen LogP contribution in [0.15, 0.2) is 47.3 Å². The highest BCUT2D eigenvalue weighted by atomic mass is 32.2. The summed E-state index contributed by atoms with van der Waals surface area (Å²) in [5, 5.41) is 7.68. The van der Waals surface area contributed by atoms with Crippen molar-refractivity contribution in [3.63, 3.8) is 0 Å². The van der Waals surface area contributed by atoms with E-state index in [9.17, 15) is 12.8 Å². The molecule has 0 aliphatic rings. The van der Waals surface area contributed by atoms with E-state index < -0.39 is 15.9 Å². The van der Waals surface area contributed by atoms with Crippen LogP contribution in [0.1, 0.15) is 5.69 Å². The molecule has 0 aliphatic carbocycles. The maximum Gasteiger partial charge on any atom is 0.242 e. The lowest BCUT2D eigenvalue weighted by Crippen LogP contribution is -2.22. The van der Waals surface area contributed by atoms with Crippen molar-refractivity contribution < 1.29 is 17.5 Å². The average Bonchev–Trinajstić information content (AvgIpc) is 3.00. The monoisotopic (exact) mass is 369 g/mol. The number of nitrogens with zero attached hydrogens (tertiary/aromatic N) is 4. The molecule has 1 aromatic carbocycles. The Kier molecular flexibility index (Phi) is 6.23. The van der Waals surface area contributed by atoms with Gasteiger partial charge in [-0.25, -0.2) is 21.8 Å². The Bertz CT molecular complexity index is 831. The van der Waals surface area contributed by atoms with Crippen molar-refractivity contribution in [2.45, 2.75) is 18.0 Å². The van der Waals surface area contributed by atoms with Crippen LogP contribution in [0, 0.1) is 0 Å². The summed E-state index contributed by atoms with van der Waals surface area (Å²) in [6, 6.07) is 6.05. The second-order valence-electron chi connectivity index (χ2n) is 5.34. The van der Waals surface area contributed by atoms with E-state index in [1.807, 2.05) is 0 Å². The summed E-state index contributed by atoms with van der Waals surface area (Å²) in [6.45, 7) is 0.208. The van der Waals surface area contributed by atoms with Gasteiger partial charge in [-0.05, 0) is 30.3 Å². The largest absolute Gasteiger partial charge is 0.487 e. The van der Waals surface area contributed by atoms with Crippen molar-refractivity contribution in [3.8, 4) is 5.75 Å². The molecule has 2 N–H and O–H groups in total. The zero-order valence-electron chi connectivity index (χ0n) is 14.0. The molecule has 0 saturated heterocycles. The first-order valence-corrected chi connectivity index (χ1v) is 8.86. The van der Waals surface area contributed by atoms with Crippen LogP contribution in [0.25, 0.3) is 0 Å². The number of sulfonamides is 1. The third kappa shape index (κ3) is 5.08. The van der Waals surface area contributed by atoms with Gasteiger partial charge >= 0.3 is 0 Å². The smallest absolute Gasteiger partial charge is 0.242 e. The van der Waals surface area contributed by atoms with Gasteiger partial charge in [-0.15, -0.1) is 5.10 Å². The molecular weight excluding hydrogens is 349 g/mol. The maximum atomic E-state index is 13.3. The van der Waals surface area contributed by atoms with Crippen LogP contribution in [0.2, 0.25) is 0 Å². The number of ether oxygens (including phenoxy) is 1. The minimum Gasteiger partial charge on any atom is -0.487 e. The van der Waals surface area contributed by atoms with Gasteiger partial charge in [0.1, 0.15) is 23.9 Å². The molecular formula is C15H20FN5O3S. The number of nitrogens with two attached hydrogens (primary N) is 1. The molecule has 8 nitrogen and oxygen atoms in total. The second-order valence-corrected chi connectivity index (χ2v) is 7.49. The quantitative estimate of drug-likeness (QED) is 0.742. The SMILES string of the molecule is CN(C)S(=O)(=O)c1ccc(OCc2cn(CC(F)=CCN)nn2)cc1. The Morgan fingerprint density at radius 1 is 1.36 bits per heavy atom. The molecule has 25 heavy (non-hydrogen) atoms. The van der Waals surface area contributed by atoms with E-state index in [-0.39, 0.29) is 24.6 Å². The van der Waals surface area contributed by atoms with Gasteiger partial charge in [0, 0.05) is 20.6 Å². The normalized spacial score (nSPS) is 12.6. The number of hydrogen-bond donors (Lipinski definition) is 1. The second kappa shape index (κ2) is 8.19. The summed E-state index contributed by atoms with van der Waals surface area (Å²) in [4.78, 5) is 0.179. The summed E-state index contributed by atoms with van der Waals surface area (Å²) < 4.78 is 45.3. The summed E-state index contributed by atoms with van der Waals surface area (Å²) in [6.07, 6.45) is 2.83. The van der Waals surface area contributed by atoms with E-state index in [4.69, 9.17) is 10.5 Å². The first-order chi connectivity index (χ1) is 11.8. The first kappa shape index (κ1) is 19.0. The molecule has 0 spiro atoms. The highest BCUT2D eigenvalue weighted by molar-refractivity contribution is 7.89. The fourth-order valence-electron chi connectivity index (χ4n) is 1.91. The molecule has 0 amide bonds. The summed E-state index contributed by atoms with van der Waals surface area (Å²) >= 11 is 0. The van der Waals surface area contributed by atoms with Crippen molar-refractivity contribution in [2.24, 2.45) is 5.73 Å². The molecule has 0 bridgehead atoms. The van der Waals surface area contributed by atoms with Crippen molar-refractivity contribution in [2.75, 3.05) is 20.6 Å². The fourth-order valence-corrected chi connectivity index (χ4v) is 2.81. The zero-order chi connectivity index (χ0) is 18.4. The van der Waals surface area contributed by atoms with Crippen LogP contribution in [0.4, 0.5) is 4.39 Å². The van der Waals surface area contributed by atoms with Gasteiger partial charge in [-0.2, -0.15) is 0 Å². The third-order valence-corrected chi connectivity index (χ3v) is 5.06. The number of rotatable bonds is 8. The van der Waals surface area contributed by atoms with Gasteiger partial charge < -0.3 is 10.5 Å². The van der Waals surface area contributed by atoms with E-state index in [1.54, 1.807) is 18.3 Å². The van der Waals surface area contributed by atoms with Crippen LogP contribution in [-0.4, -0.2) is 48.4 Å². The molecule has 136 valence electrons. The number of aromatic nitrogens is 3. The molecule has 2 aromatic rings. The standard InChI is InChI=1S/C15H20FN5O3S/c1-20(2)25(22,23)15-5-3-14(4-6-15)24-11-13-10-21(19-18-13)9-12(16)7-8-17/h3-7,10H,8-9,11,17H2,1-2H3. The first-order valence-electron chi connectivity index (χ1n) is 7.42. The molecule has 0 aliphatic heterocycles. The van der Waals surface area contributed by atoms with E-state index >= 15 is 0 Å². The molecule has 0 atom stereocenters. The Balaban J connectivity index is 1.96. The minimum absolute atomic E-state index is 0.0404. The predicted molar refractivity (Wildman–Crippen MR) is 89.9 cm³/mol. The van der Waals surface area contributed by atoms with Gasteiger partial charge in [0.05, 0.1) is 17.6 Å². The van der Waals surface area contributed by atoms with Gasteiger partial charge in [-0.3, -0.25) is 0 Å². The van der Waals surface area contributed by atoms with Crippen LogP contribution < -0.4 is 10.5 Å². The lowest BCUT2D eigenvalue weighted by Gasteiger charge is -2.11. The topological polar surface area (TPSA) is 103 Å². The zero-order valence-corrected chi connectivity index (χ0v) is 14.8. The van der Waals surface area contributed by atoms with Crippen LogP contribution in [0.5, 0.6) is 5.75 Å². The molecule has 1 heterocycles. The van der Waals surface area contributed by atoms with Crippen LogP contribution in [-0.2, 0) is 23.2 Å². The molecule has 2 rings (SSSR count). The summed E-state index contributed by atoms with van der Waals surface area (Å²) in [5.74, 6) is 0.0963. The third-order valence-electron chi connectivity index (χ3n) is 3.23. The van der Waals surface area contributed by atoms with E-state index in [0.717, 1.165) is 4.31 Å². The number of benzene rings is 1. The number of halogens is 1. The summed E-state index contributed by atoms with van der Waals surface area (Å²) in [7, 11) is -0.538. The molecule has 0 radical (unpaired) electrons. The van der Waals surface area contributed by atoms with Gasteiger partial charge in [0.25, 0.3) is 0 Å². The van der Waals surface area contributed by atoms with Crippen molar-refractivity contribution >= 4 is 10.0 Å². The lowest BCUT2D eigenvalue weighted by molar-refractivity contribution is 0.301. The predicted octanol–water partition coefficient (Wildman–Crippen LogP) is 0.920. The average molecular weight is 369 g/mol. The number of hydrogen-bond acceptors (Lipinski definition) is 6. The molecule has 0 unspecified atom stereocenters. The van der Waals surface area contributed by atoms with Gasteiger partial charge in [0.15, 0.2) is 0 Å². The van der Waals surface area contributed by atoms with Crippen molar-refractivity contribution in [3.05, 3.63) is 48.1 Å². The Morgan fingerprint density at radius 2 is 2.04 bits per heavy atom. The summed E-state index contributed by atoms with van der Waals surface area (Å²) in [5.41, 5.74) is 5.75. The molecule has 10 heteroatoms. The van der Waals surface area contributed by atoms with Crippen LogP contribution in [0.3, 0.4) is 0 Å². The number of allylic oxidation sites excluding steroid dienone is 1. The minimum atomic E-state index is -3.47. The highest BCUT2D eigenvalue weighted by Gasteiger charge is 2.16. The Hall–Kier alpha value is -2.30. The van der Waals surface area contributed by atoms with E-state index in [1.165, 1.54) is 37.0 Å². The van der Waals surface area contributed by atoms with Gasteiger partial charge in [-0.1, -0.05) is 5.21 Å². The Labute approximate surface area is 145 Å². The fraction of sp³-hybridized carbons (Fsp3) is 0.333. The molecule has 1 aromatic heterocycles. The Morgan fingerprint density at radius 3 is 2.64 bits per heavy atom. The van der Waals surface area contributed by atoms with Gasteiger partial charge in [0.2, 0.25) is 10.0 Å². The maximum absolute atomic E-state index is 13.3. The van der Waals surface area contributed by atoms with Crippen molar-refractivity contribution in [1.29, 1.82) is 0 Å². The van der Waals surface area contributed by atoms with Crippen LogP contribution >= 0.6 is 0 Å². The molecule has 0 saturated carbocycles. The highest BCUT2D eigenvalue weighted by Crippen LogP contribution is 2.18. The van der Waals surface area contributed by atoms with Crippen molar-refractivity contribution in [1.82, 2.24) is 19.3 Å². The van der Waals surface area contributed by atoms with E-state index in [2.05, 4.69) is 10.3 Å². The van der Waals surface area contributed by atoms with E-state index in [0.29, 0.717) is 11.4 Å². The molecule has 0 fully saturated rings.